The summed E-state index contributed by atoms with van der Waals surface area (Å²) in [5, 5.41) is 0. The molecule has 17 heavy (non-hydrogen) atoms. The van der Waals surface area contributed by atoms with Gasteiger partial charge in [-0.05, 0) is 0 Å². The van der Waals surface area contributed by atoms with Gasteiger partial charge in [-0.2, -0.15) is 0 Å². The van der Waals surface area contributed by atoms with Gasteiger partial charge >= 0.3 is 6.96 Å². The van der Waals surface area contributed by atoms with Gasteiger partial charge in [-0.15, -0.1) is 26.3 Å². The monoisotopic (exact) mass is 239 g/mol. The Hall–Kier alpha value is -1.14. The third kappa shape index (κ3) is 6.91. The molecule has 0 unspecified atom stereocenters. The van der Waals surface area contributed by atoms with Gasteiger partial charge in [0.05, 0.1) is 0 Å². The lowest BCUT2D eigenvalue weighted by Crippen LogP contribution is -2.49. The maximum absolute atomic E-state index is 5.42. The fourth-order valence-electron chi connectivity index (χ4n) is 1.03. The van der Waals surface area contributed by atoms with E-state index in [9.17, 15) is 0 Å². The average molecular weight is 239 g/mol. The Morgan fingerprint density at radius 3 is 1.00 bits per heavy atom. The molecule has 0 radical (unpaired) electrons. The Kier molecular flexibility index (Phi) is 9.38. The second kappa shape index (κ2) is 10.0. The van der Waals surface area contributed by atoms with E-state index in [1.165, 1.54) is 0 Å². The van der Waals surface area contributed by atoms with E-state index in [-0.39, 0.29) is 26.4 Å². The lowest BCUT2D eigenvalue weighted by molar-refractivity contribution is -0.0117. The quantitative estimate of drug-likeness (QED) is 0.386. The summed E-state index contributed by atoms with van der Waals surface area (Å²) < 4.78 is 21.7. The summed E-state index contributed by atoms with van der Waals surface area (Å²) in [5.41, 5.74) is 0. The highest BCUT2D eigenvalue weighted by Crippen LogP contribution is 2.12. The smallest absolute Gasteiger partial charge is 0.515 e. The first-order valence-corrected chi connectivity index (χ1v) is 5.36. The van der Waals surface area contributed by atoms with Crippen LogP contribution in [0.2, 0.25) is 0 Å². The minimum absolute atomic E-state index is 0.255. The molecule has 0 spiro atoms. The minimum Gasteiger partial charge on any atom is -0.515 e. The molecule has 5 heteroatoms. The van der Waals surface area contributed by atoms with E-state index in [0.29, 0.717) is 0 Å². The zero-order valence-corrected chi connectivity index (χ0v) is 10.2. The molecular formula is C12H20BO4-. The second-order valence-electron chi connectivity index (χ2n) is 3.07. The summed E-state index contributed by atoms with van der Waals surface area (Å²) in [7, 11) is 0. The standard InChI is InChI=1S/C12H20BO4/c1-5-9-14-13(15-10-6-2,16-11-7-3)17-12-8-4/h5-8H,1-4,9-12H2/q-1. The predicted octanol–water partition coefficient (Wildman–Crippen LogP) is 2.23. The normalized spacial score (nSPS) is 10.8. The zero-order chi connectivity index (χ0) is 13.0. The molecule has 0 aliphatic heterocycles. The summed E-state index contributed by atoms with van der Waals surface area (Å²) in [6.07, 6.45) is 6.34. The van der Waals surface area contributed by atoms with Crippen molar-refractivity contribution in [2.75, 3.05) is 26.4 Å². The van der Waals surface area contributed by atoms with E-state index in [1.54, 1.807) is 24.3 Å². The predicted molar refractivity (Wildman–Crippen MR) is 70.4 cm³/mol. The molecule has 0 saturated carbocycles. The van der Waals surface area contributed by atoms with Crippen LogP contribution in [0, 0.1) is 0 Å². The summed E-state index contributed by atoms with van der Waals surface area (Å²) >= 11 is 0. The van der Waals surface area contributed by atoms with Crippen molar-refractivity contribution in [3.05, 3.63) is 50.6 Å². The molecule has 0 aromatic carbocycles. The maximum Gasteiger partial charge on any atom is 0.532 e. The number of hydrogen-bond donors (Lipinski definition) is 0. The lowest BCUT2D eigenvalue weighted by atomic mass is 10.0. The van der Waals surface area contributed by atoms with Gasteiger partial charge in [-0.1, -0.05) is 24.3 Å². The van der Waals surface area contributed by atoms with Crippen molar-refractivity contribution in [2.24, 2.45) is 0 Å². The first-order chi connectivity index (χ1) is 8.24. The highest BCUT2D eigenvalue weighted by molar-refractivity contribution is 6.53. The third-order valence-electron chi connectivity index (χ3n) is 1.67. The summed E-state index contributed by atoms with van der Waals surface area (Å²) in [5.74, 6) is 0. The van der Waals surface area contributed by atoms with Gasteiger partial charge < -0.3 is 18.6 Å². The van der Waals surface area contributed by atoms with Crippen LogP contribution in [0.3, 0.4) is 0 Å². The molecule has 0 aromatic heterocycles. The van der Waals surface area contributed by atoms with Crippen molar-refractivity contribution in [1.29, 1.82) is 0 Å². The van der Waals surface area contributed by atoms with Crippen LogP contribution in [0.15, 0.2) is 50.6 Å². The van der Waals surface area contributed by atoms with Crippen molar-refractivity contribution in [2.45, 2.75) is 0 Å². The molecular weight excluding hydrogens is 219 g/mol. The van der Waals surface area contributed by atoms with Crippen LogP contribution >= 0.6 is 0 Å². The van der Waals surface area contributed by atoms with Crippen LogP contribution in [0.4, 0.5) is 0 Å². The van der Waals surface area contributed by atoms with Crippen LogP contribution < -0.4 is 0 Å². The molecule has 0 fully saturated rings. The maximum atomic E-state index is 5.42. The van der Waals surface area contributed by atoms with Crippen molar-refractivity contribution in [3.8, 4) is 0 Å². The Bertz CT molecular complexity index is 199. The average Bonchev–Trinajstić information content (AvgIpc) is 2.37. The van der Waals surface area contributed by atoms with Crippen molar-refractivity contribution in [3.63, 3.8) is 0 Å². The van der Waals surface area contributed by atoms with Gasteiger partial charge in [-0.25, -0.2) is 0 Å². The van der Waals surface area contributed by atoms with Gasteiger partial charge in [0, 0.05) is 26.4 Å². The summed E-state index contributed by atoms with van der Waals surface area (Å²) in [6.45, 7) is 13.0. The molecule has 0 atom stereocenters. The first-order valence-electron chi connectivity index (χ1n) is 5.36. The molecule has 96 valence electrons. The number of hydrogen-bond acceptors (Lipinski definition) is 4. The topological polar surface area (TPSA) is 36.9 Å². The molecule has 0 aromatic rings. The zero-order valence-electron chi connectivity index (χ0n) is 10.2. The molecule has 0 aliphatic carbocycles. The Morgan fingerprint density at radius 2 is 0.824 bits per heavy atom. The van der Waals surface area contributed by atoms with E-state index in [1.807, 2.05) is 0 Å². The Labute approximate surface area is 103 Å². The largest absolute Gasteiger partial charge is 0.532 e. The molecule has 0 heterocycles. The van der Waals surface area contributed by atoms with E-state index in [2.05, 4.69) is 26.3 Å². The summed E-state index contributed by atoms with van der Waals surface area (Å²) in [4.78, 5) is 0. The SMILES string of the molecule is C=CCO[B-](OCC=C)(OCC=C)OCC=C. The van der Waals surface area contributed by atoms with Gasteiger partial charge in [0.2, 0.25) is 0 Å². The molecule has 4 nitrogen and oxygen atoms in total. The number of rotatable bonds is 12. The van der Waals surface area contributed by atoms with Crippen LogP contribution in [-0.4, -0.2) is 33.4 Å². The third-order valence-corrected chi connectivity index (χ3v) is 1.67. The molecule has 0 amide bonds. The van der Waals surface area contributed by atoms with Crippen LogP contribution in [0.25, 0.3) is 0 Å². The van der Waals surface area contributed by atoms with E-state index >= 15 is 0 Å². The van der Waals surface area contributed by atoms with E-state index in [0.717, 1.165) is 0 Å². The highest BCUT2D eigenvalue weighted by Gasteiger charge is 2.31. The summed E-state index contributed by atoms with van der Waals surface area (Å²) in [6, 6.07) is 0. The van der Waals surface area contributed by atoms with E-state index in [4.69, 9.17) is 18.6 Å². The first kappa shape index (κ1) is 15.9. The molecule has 0 N–H and O–H groups in total. The van der Waals surface area contributed by atoms with Gasteiger partial charge in [0.15, 0.2) is 0 Å². The van der Waals surface area contributed by atoms with Crippen molar-refractivity contribution in [1.82, 2.24) is 0 Å². The minimum atomic E-state index is -2.29. The molecule has 0 rings (SSSR count). The Morgan fingerprint density at radius 1 is 0.588 bits per heavy atom. The van der Waals surface area contributed by atoms with Crippen LogP contribution in [0.1, 0.15) is 0 Å². The van der Waals surface area contributed by atoms with Crippen molar-refractivity contribution < 1.29 is 18.6 Å². The van der Waals surface area contributed by atoms with Gasteiger partial charge in [-0.3, -0.25) is 0 Å². The van der Waals surface area contributed by atoms with Gasteiger partial charge in [0.1, 0.15) is 0 Å². The molecule has 0 aliphatic rings. The Balaban J connectivity index is 4.59. The lowest BCUT2D eigenvalue weighted by Gasteiger charge is -2.39. The highest BCUT2D eigenvalue weighted by atomic mass is 16.9. The van der Waals surface area contributed by atoms with Crippen LogP contribution in [0.5, 0.6) is 0 Å². The fourth-order valence-corrected chi connectivity index (χ4v) is 1.03. The van der Waals surface area contributed by atoms with Crippen LogP contribution in [-0.2, 0) is 18.6 Å². The molecule has 0 saturated heterocycles. The van der Waals surface area contributed by atoms with E-state index < -0.39 is 6.96 Å². The van der Waals surface area contributed by atoms with Crippen molar-refractivity contribution >= 4 is 6.96 Å². The second-order valence-corrected chi connectivity index (χ2v) is 3.07. The fraction of sp³-hybridized carbons (Fsp3) is 0.333. The van der Waals surface area contributed by atoms with Gasteiger partial charge in [0.25, 0.3) is 0 Å². The molecule has 0 bridgehead atoms.